The quantitative estimate of drug-likeness (QED) is 0.598. The number of nitriles is 1. The van der Waals surface area contributed by atoms with Gasteiger partial charge in [0.15, 0.2) is 0 Å². The van der Waals surface area contributed by atoms with E-state index in [1.165, 1.54) is 11.1 Å². The van der Waals surface area contributed by atoms with Gasteiger partial charge in [0.1, 0.15) is 11.6 Å². The molecule has 1 saturated carbocycles. The Bertz CT molecular complexity index is 1320. The lowest BCUT2D eigenvalue weighted by atomic mass is 10.0. The van der Waals surface area contributed by atoms with Crippen molar-refractivity contribution in [2.24, 2.45) is 16.9 Å². The lowest BCUT2D eigenvalue weighted by Crippen LogP contribution is -2.28. The first-order valence-corrected chi connectivity index (χ1v) is 11.0. The largest absolute Gasteiger partial charge is 0.318 e. The van der Waals surface area contributed by atoms with Crippen molar-refractivity contribution in [1.82, 2.24) is 9.24 Å². The topological polar surface area (TPSA) is 63.1 Å². The van der Waals surface area contributed by atoms with Crippen molar-refractivity contribution < 1.29 is 0 Å². The first-order chi connectivity index (χ1) is 14.5. The van der Waals surface area contributed by atoms with Crippen LogP contribution in [0.4, 0.5) is 0 Å². The number of aryl methyl sites for hydroxylation is 2. The molecular weight excluding hydrogens is 392 g/mol. The number of thiazole rings is 1. The molecule has 2 bridgehead atoms. The molecule has 0 N–H and O–H groups in total. The van der Waals surface area contributed by atoms with Crippen molar-refractivity contribution in [2.75, 3.05) is 0 Å². The second-order valence-electron chi connectivity index (χ2n) is 8.17. The van der Waals surface area contributed by atoms with Gasteiger partial charge in [-0.2, -0.15) is 9.94 Å². The Labute approximate surface area is 178 Å². The highest BCUT2D eigenvalue weighted by Gasteiger charge is 2.37. The second kappa shape index (κ2) is 7.26. The molecule has 2 aromatic heterocycles. The van der Waals surface area contributed by atoms with Crippen LogP contribution in [0.5, 0.6) is 0 Å². The van der Waals surface area contributed by atoms with Crippen LogP contribution in [0.25, 0.3) is 10.4 Å². The van der Waals surface area contributed by atoms with Gasteiger partial charge in [0.2, 0.25) is 4.80 Å². The molecule has 0 saturated heterocycles. The van der Waals surface area contributed by atoms with E-state index in [0.29, 0.717) is 23.4 Å². The van der Waals surface area contributed by atoms with Crippen LogP contribution in [-0.2, 0) is 0 Å². The van der Waals surface area contributed by atoms with Gasteiger partial charge in [0.05, 0.1) is 4.88 Å². The molecule has 3 aromatic rings. The average Bonchev–Trinajstić information content (AvgIpc) is 3.47. The molecule has 5 rings (SSSR count). The summed E-state index contributed by atoms with van der Waals surface area (Å²) in [7, 11) is 0. The van der Waals surface area contributed by atoms with E-state index in [1.807, 2.05) is 37.3 Å². The summed E-state index contributed by atoms with van der Waals surface area (Å²) < 4.78 is 3.63. The Morgan fingerprint density at radius 2 is 1.97 bits per heavy atom. The Kier molecular flexibility index (Phi) is 4.56. The zero-order chi connectivity index (χ0) is 20.8. The van der Waals surface area contributed by atoms with E-state index in [-0.39, 0.29) is 11.1 Å². The SMILES string of the molecule is Cc1cc(C)n(/N=c2/sc(-c3ccccc3)cn2[C@H]2C[C@H]3C=C[C@H]2C3)c(=O)c1C#N. The number of nitrogens with zero attached hydrogens (tertiary/aromatic N) is 4. The van der Waals surface area contributed by atoms with Gasteiger partial charge in [-0.15, -0.1) is 5.10 Å². The van der Waals surface area contributed by atoms with Gasteiger partial charge < -0.3 is 4.57 Å². The Balaban J connectivity index is 1.72. The third-order valence-electron chi connectivity index (χ3n) is 6.20. The van der Waals surface area contributed by atoms with Crippen LogP contribution in [0, 0.1) is 37.0 Å². The van der Waals surface area contributed by atoms with Gasteiger partial charge in [-0.25, -0.2) is 0 Å². The van der Waals surface area contributed by atoms with Crippen LogP contribution in [0.1, 0.15) is 35.7 Å². The van der Waals surface area contributed by atoms with Crippen LogP contribution < -0.4 is 10.4 Å². The Morgan fingerprint density at radius 1 is 1.17 bits per heavy atom. The van der Waals surface area contributed by atoms with Gasteiger partial charge in [0, 0.05) is 17.9 Å². The normalized spacial score (nSPS) is 22.6. The Morgan fingerprint density at radius 3 is 2.63 bits per heavy atom. The molecule has 2 aliphatic rings. The number of rotatable bonds is 3. The van der Waals surface area contributed by atoms with Crippen LogP contribution in [0.2, 0.25) is 0 Å². The summed E-state index contributed by atoms with van der Waals surface area (Å²) in [6.07, 6.45) is 9.13. The van der Waals surface area contributed by atoms with Gasteiger partial charge in [-0.1, -0.05) is 53.8 Å². The lowest BCUT2D eigenvalue weighted by Gasteiger charge is -2.20. The average molecular weight is 415 g/mol. The number of allylic oxidation sites excluding steroid dienone is 2. The van der Waals surface area contributed by atoms with Crippen LogP contribution >= 0.6 is 11.3 Å². The van der Waals surface area contributed by atoms with Crippen LogP contribution in [0.15, 0.2) is 64.6 Å². The van der Waals surface area contributed by atoms with E-state index in [4.69, 9.17) is 5.10 Å². The lowest BCUT2D eigenvalue weighted by molar-refractivity contribution is 0.421. The molecule has 0 unspecified atom stereocenters. The Hall–Kier alpha value is -3.17. The predicted octanol–water partition coefficient (Wildman–Crippen LogP) is 4.37. The maximum absolute atomic E-state index is 12.9. The summed E-state index contributed by atoms with van der Waals surface area (Å²) in [4.78, 5) is 14.8. The molecule has 0 aliphatic heterocycles. The monoisotopic (exact) mass is 414 g/mol. The summed E-state index contributed by atoms with van der Waals surface area (Å²) in [5, 5.41) is 14.2. The fraction of sp³-hybridized carbons (Fsp3) is 0.292. The van der Waals surface area contributed by atoms with Crippen molar-refractivity contribution in [1.29, 1.82) is 5.26 Å². The van der Waals surface area contributed by atoms with Crippen molar-refractivity contribution in [3.8, 4) is 16.5 Å². The van der Waals surface area contributed by atoms with Gasteiger partial charge in [-0.05, 0) is 55.7 Å². The highest BCUT2D eigenvalue weighted by molar-refractivity contribution is 7.12. The molecule has 2 heterocycles. The number of aromatic nitrogens is 2. The fourth-order valence-corrected chi connectivity index (χ4v) is 5.74. The van der Waals surface area contributed by atoms with E-state index in [2.05, 4.69) is 35.0 Å². The zero-order valence-corrected chi connectivity index (χ0v) is 17.8. The molecule has 6 heteroatoms. The van der Waals surface area contributed by atoms with E-state index >= 15 is 0 Å². The minimum Gasteiger partial charge on any atom is -0.318 e. The van der Waals surface area contributed by atoms with Gasteiger partial charge in [-0.3, -0.25) is 4.79 Å². The molecule has 0 spiro atoms. The second-order valence-corrected chi connectivity index (χ2v) is 9.18. The van der Waals surface area contributed by atoms with E-state index < -0.39 is 0 Å². The third-order valence-corrected chi connectivity index (χ3v) is 7.23. The molecule has 0 amide bonds. The summed E-state index contributed by atoms with van der Waals surface area (Å²) in [5.74, 6) is 1.15. The number of hydrogen-bond acceptors (Lipinski definition) is 4. The molecule has 5 nitrogen and oxygen atoms in total. The first-order valence-electron chi connectivity index (χ1n) is 10.2. The van der Waals surface area contributed by atoms with E-state index in [9.17, 15) is 10.1 Å². The molecular formula is C24H22N4OS. The van der Waals surface area contributed by atoms with E-state index in [1.54, 1.807) is 18.3 Å². The first kappa shape index (κ1) is 18.8. The van der Waals surface area contributed by atoms with Crippen LogP contribution in [-0.4, -0.2) is 9.24 Å². The predicted molar refractivity (Wildman–Crippen MR) is 118 cm³/mol. The summed E-state index contributed by atoms with van der Waals surface area (Å²) >= 11 is 1.59. The van der Waals surface area contributed by atoms with Gasteiger partial charge >= 0.3 is 0 Å². The van der Waals surface area contributed by atoms with Gasteiger partial charge in [0.25, 0.3) is 5.56 Å². The van der Waals surface area contributed by atoms with Crippen molar-refractivity contribution >= 4 is 11.3 Å². The molecule has 0 radical (unpaired) electrons. The molecule has 2 aliphatic carbocycles. The maximum atomic E-state index is 12.9. The van der Waals surface area contributed by atoms with Crippen molar-refractivity contribution in [3.63, 3.8) is 0 Å². The van der Waals surface area contributed by atoms with Crippen LogP contribution in [0.3, 0.4) is 0 Å². The highest BCUT2D eigenvalue weighted by Crippen LogP contribution is 2.46. The fourth-order valence-electron chi connectivity index (χ4n) is 4.70. The summed E-state index contributed by atoms with van der Waals surface area (Å²) in [6, 6.07) is 14.5. The summed E-state index contributed by atoms with van der Waals surface area (Å²) in [6.45, 7) is 3.65. The zero-order valence-electron chi connectivity index (χ0n) is 16.9. The minimum atomic E-state index is -0.357. The molecule has 1 aromatic carbocycles. The van der Waals surface area contributed by atoms with Crippen molar-refractivity contribution in [3.05, 3.63) is 86.7 Å². The number of hydrogen-bond donors (Lipinski definition) is 0. The molecule has 3 atom stereocenters. The summed E-state index contributed by atoms with van der Waals surface area (Å²) in [5.41, 5.74) is 2.35. The standard InChI is InChI=1S/C24H22N4OS/c1-15-10-16(2)28(23(29)20(15)13-25)26-24-27(21-12-17-8-9-19(21)11-17)14-22(30-24)18-6-4-3-5-7-18/h3-10,14,17,19,21H,11-12H2,1-2H3/b26-24+/t17-,19-,21-/m0/s1. The molecule has 150 valence electrons. The number of benzene rings is 1. The molecule has 1 fully saturated rings. The van der Waals surface area contributed by atoms with Crippen molar-refractivity contribution in [2.45, 2.75) is 32.7 Å². The van der Waals surface area contributed by atoms with E-state index in [0.717, 1.165) is 27.4 Å². The molecule has 30 heavy (non-hydrogen) atoms. The third kappa shape index (κ3) is 3.06. The smallest absolute Gasteiger partial charge is 0.289 e. The highest BCUT2D eigenvalue weighted by atomic mass is 32.1. The minimum absolute atomic E-state index is 0.151. The number of pyridine rings is 1. The maximum Gasteiger partial charge on any atom is 0.289 e. The number of fused-ring (bicyclic) bond motifs is 2.